The minimum absolute atomic E-state index is 0.116. The van der Waals surface area contributed by atoms with Gasteiger partial charge < -0.3 is 19.6 Å². The Balaban J connectivity index is 1.83. The molecule has 1 atom stereocenters. The van der Waals surface area contributed by atoms with Crippen LogP contribution in [0.25, 0.3) is 16.5 Å². The molecule has 3 aromatic carbocycles. The van der Waals surface area contributed by atoms with Crippen LogP contribution in [-0.2, 0) is 14.3 Å². The average molecular weight is 445 g/mol. The lowest BCUT2D eigenvalue weighted by Crippen LogP contribution is -2.31. The molecule has 0 radical (unpaired) electrons. The highest BCUT2D eigenvalue weighted by Gasteiger charge is 2.45. The van der Waals surface area contributed by atoms with Gasteiger partial charge in [0.05, 0.1) is 11.6 Å². The molecule has 0 saturated carbocycles. The molecule has 1 aliphatic rings. The summed E-state index contributed by atoms with van der Waals surface area (Å²) in [6.45, 7) is 0.826. The van der Waals surface area contributed by atoms with Crippen molar-refractivity contribution in [3.63, 3.8) is 0 Å². The van der Waals surface area contributed by atoms with E-state index in [0.29, 0.717) is 25.1 Å². The largest absolute Gasteiger partial charge is 0.507 e. The van der Waals surface area contributed by atoms with Crippen LogP contribution >= 0.6 is 0 Å². The molecule has 1 N–H and O–H groups in total. The molecule has 0 spiro atoms. The van der Waals surface area contributed by atoms with E-state index in [2.05, 4.69) is 0 Å². The molecule has 0 bridgehead atoms. The van der Waals surface area contributed by atoms with Crippen molar-refractivity contribution >= 4 is 33.9 Å². The van der Waals surface area contributed by atoms with Crippen molar-refractivity contribution in [2.45, 2.75) is 12.5 Å². The zero-order chi connectivity index (χ0) is 23.5. The Labute approximate surface area is 193 Å². The van der Waals surface area contributed by atoms with Crippen LogP contribution in [0.15, 0.2) is 72.3 Å². The van der Waals surface area contributed by atoms with Crippen molar-refractivity contribution in [1.29, 1.82) is 0 Å². The molecule has 6 nitrogen and oxygen atoms in total. The van der Waals surface area contributed by atoms with E-state index < -0.39 is 17.7 Å². The zero-order valence-corrected chi connectivity index (χ0v) is 19.1. The summed E-state index contributed by atoms with van der Waals surface area (Å²) >= 11 is 0. The van der Waals surface area contributed by atoms with Gasteiger partial charge in [-0.3, -0.25) is 9.59 Å². The van der Waals surface area contributed by atoms with Gasteiger partial charge in [-0.05, 0) is 41.0 Å². The molecule has 1 amide bonds. The van der Waals surface area contributed by atoms with Gasteiger partial charge in [0.15, 0.2) is 0 Å². The highest BCUT2D eigenvalue weighted by atomic mass is 16.5. The zero-order valence-electron chi connectivity index (χ0n) is 19.1. The maximum atomic E-state index is 13.1. The van der Waals surface area contributed by atoms with E-state index in [1.54, 1.807) is 18.1 Å². The van der Waals surface area contributed by atoms with E-state index in [-0.39, 0.29) is 11.3 Å². The Morgan fingerprint density at radius 1 is 1.00 bits per heavy atom. The first kappa shape index (κ1) is 22.6. The third-order valence-electron chi connectivity index (χ3n) is 6.04. The van der Waals surface area contributed by atoms with Gasteiger partial charge in [-0.1, -0.05) is 48.5 Å². The smallest absolute Gasteiger partial charge is 0.295 e. The molecule has 3 aromatic rings. The summed E-state index contributed by atoms with van der Waals surface area (Å²) in [6.07, 6.45) is 0.589. The molecule has 1 aliphatic heterocycles. The Morgan fingerprint density at radius 2 is 1.70 bits per heavy atom. The number of carbonyl (C=O) groups excluding carboxylic acids is 2. The number of rotatable bonds is 7. The summed E-state index contributed by atoms with van der Waals surface area (Å²) in [4.78, 5) is 29.7. The highest BCUT2D eigenvalue weighted by Crippen LogP contribution is 2.40. The van der Waals surface area contributed by atoms with E-state index in [1.807, 2.05) is 79.7 Å². The van der Waals surface area contributed by atoms with Gasteiger partial charge in [0.25, 0.3) is 11.7 Å². The minimum Gasteiger partial charge on any atom is -0.507 e. The summed E-state index contributed by atoms with van der Waals surface area (Å²) < 4.78 is 5.14. The van der Waals surface area contributed by atoms with E-state index >= 15 is 0 Å². The van der Waals surface area contributed by atoms with E-state index in [4.69, 9.17) is 4.74 Å². The standard InChI is InChI=1S/C27H28N2O4/c1-28(2)22-13-11-19(12-14-22)24-23(26(31)27(32)29(24)15-6-16-33-3)25(30)21-10-9-18-7-4-5-8-20(18)17-21/h4-5,7-14,17,24,30H,6,15-16H2,1-3H3/b25-23-. The fourth-order valence-electron chi connectivity index (χ4n) is 4.28. The van der Waals surface area contributed by atoms with Crippen LogP contribution in [0.2, 0.25) is 0 Å². The Morgan fingerprint density at radius 3 is 2.36 bits per heavy atom. The number of hydrogen-bond acceptors (Lipinski definition) is 5. The van der Waals surface area contributed by atoms with Gasteiger partial charge in [0.2, 0.25) is 0 Å². The predicted molar refractivity (Wildman–Crippen MR) is 130 cm³/mol. The molecular formula is C27H28N2O4. The molecule has 6 heteroatoms. The van der Waals surface area contributed by atoms with Gasteiger partial charge in [0.1, 0.15) is 5.76 Å². The lowest BCUT2D eigenvalue weighted by atomic mass is 9.94. The van der Waals surface area contributed by atoms with Crippen LogP contribution in [0.4, 0.5) is 5.69 Å². The molecule has 4 rings (SSSR count). The monoisotopic (exact) mass is 444 g/mol. The molecule has 0 aromatic heterocycles. The van der Waals surface area contributed by atoms with Gasteiger partial charge >= 0.3 is 0 Å². The van der Waals surface area contributed by atoms with Crippen LogP contribution in [0.3, 0.4) is 0 Å². The summed E-state index contributed by atoms with van der Waals surface area (Å²) in [5.74, 6) is -1.43. The number of methoxy groups -OCH3 is 1. The lowest BCUT2D eigenvalue weighted by Gasteiger charge is -2.26. The Bertz CT molecular complexity index is 1210. The highest BCUT2D eigenvalue weighted by molar-refractivity contribution is 6.46. The predicted octanol–water partition coefficient (Wildman–Crippen LogP) is 4.36. The van der Waals surface area contributed by atoms with E-state index in [1.165, 1.54) is 0 Å². The second kappa shape index (κ2) is 9.46. The number of anilines is 1. The summed E-state index contributed by atoms with van der Waals surface area (Å²) in [6, 6.07) is 20.4. The number of nitrogens with zero attached hydrogens (tertiary/aromatic N) is 2. The third-order valence-corrected chi connectivity index (χ3v) is 6.04. The first-order valence-electron chi connectivity index (χ1n) is 11.0. The number of amides is 1. The number of carbonyl (C=O) groups is 2. The number of Topliss-reactive ketones (excluding diaryl/α,β-unsaturated/α-hetero) is 1. The molecule has 1 heterocycles. The van der Waals surface area contributed by atoms with Crippen molar-refractivity contribution in [2.24, 2.45) is 0 Å². The molecule has 0 aliphatic carbocycles. The first-order chi connectivity index (χ1) is 15.9. The van der Waals surface area contributed by atoms with E-state index in [9.17, 15) is 14.7 Å². The second-order valence-electron chi connectivity index (χ2n) is 8.39. The maximum Gasteiger partial charge on any atom is 0.295 e. The third kappa shape index (κ3) is 4.34. The van der Waals surface area contributed by atoms with Crippen molar-refractivity contribution < 1.29 is 19.4 Å². The SMILES string of the molecule is COCCCN1C(=O)C(=O)/C(=C(\O)c2ccc3ccccc3c2)C1c1ccc(N(C)C)cc1. The molecule has 1 fully saturated rings. The molecule has 33 heavy (non-hydrogen) atoms. The van der Waals surface area contributed by atoms with Crippen LogP contribution in [0.1, 0.15) is 23.6 Å². The number of fused-ring (bicyclic) bond motifs is 1. The van der Waals surface area contributed by atoms with Gasteiger partial charge in [-0.25, -0.2) is 0 Å². The van der Waals surface area contributed by atoms with Crippen molar-refractivity contribution in [1.82, 2.24) is 4.90 Å². The number of aliphatic hydroxyl groups excluding tert-OH is 1. The fraction of sp³-hybridized carbons (Fsp3) is 0.259. The Kier molecular flexibility index (Phi) is 6.47. The molecular weight excluding hydrogens is 416 g/mol. The summed E-state index contributed by atoms with van der Waals surface area (Å²) in [5.41, 5.74) is 2.41. The average Bonchev–Trinajstić information content (AvgIpc) is 3.08. The topological polar surface area (TPSA) is 70.1 Å². The quantitative estimate of drug-likeness (QED) is 0.254. The number of ketones is 1. The Hall–Kier alpha value is -3.64. The van der Waals surface area contributed by atoms with Crippen LogP contribution in [-0.4, -0.2) is 56.1 Å². The summed E-state index contributed by atoms with van der Waals surface area (Å²) in [5, 5.41) is 13.3. The van der Waals surface area contributed by atoms with Crippen molar-refractivity contribution in [3.05, 3.63) is 83.4 Å². The molecule has 1 saturated heterocycles. The lowest BCUT2D eigenvalue weighted by molar-refractivity contribution is -0.140. The van der Waals surface area contributed by atoms with Crippen LogP contribution in [0.5, 0.6) is 0 Å². The number of hydrogen-bond donors (Lipinski definition) is 1. The maximum absolute atomic E-state index is 13.1. The van der Waals surface area contributed by atoms with Crippen LogP contribution in [0, 0.1) is 0 Å². The van der Waals surface area contributed by atoms with Crippen LogP contribution < -0.4 is 4.90 Å². The second-order valence-corrected chi connectivity index (χ2v) is 8.39. The number of ether oxygens (including phenoxy) is 1. The number of likely N-dealkylation sites (tertiary alicyclic amines) is 1. The van der Waals surface area contributed by atoms with E-state index in [0.717, 1.165) is 22.0 Å². The molecule has 1 unspecified atom stereocenters. The van der Waals surface area contributed by atoms with Gasteiger partial charge in [-0.2, -0.15) is 0 Å². The van der Waals surface area contributed by atoms with Crippen molar-refractivity contribution in [3.8, 4) is 0 Å². The molecule has 170 valence electrons. The fourth-order valence-corrected chi connectivity index (χ4v) is 4.28. The first-order valence-corrected chi connectivity index (χ1v) is 11.0. The number of benzene rings is 3. The van der Waals surface area contributed by atoms with Crippen molar-refractivity contribution in [2.75, 3.05) is 39.3 Å². The number of aliphatic hydroxyl groups is 1. The van der Waals surface area contributed by atoms with Gasteiger partial charge in [-0.15, -0.1) is 0 Å². The van der Waals surface area contributed by atoms with Gasteiger partial charge in [0, 0.05) is 45.6 Å². The minimum atomic E-state index is -0.667. The normalized spacial score (nSPS) is 17.7. The summed E-state index contributed by atoms with van der Waals surface area (Å²) in [7, 11) is 5.50.